The highest BCUT2D eigenvalue weighted by Gasteiger charge is 2.20. The molecule has 5 nitrogen and oxygen atoms in total. The van der Waals surface area contributed by atoms with Gasteiger partial charge in [-0.05, 0) is 55.7 Å². The van der Waals surface area contributed by atoms with E-state index in [1.165, 1.54) is 12.1 Å². The summed E-state index contributed by atoms with van der Waals surface area (Å²) >= 11 is 0. The predicted octanol–water partition coefficient (Wildman–Crippen LogP) is 4.49. The Balaban J connectivity index is 1.67. The number of benzene rings is 2. The van der Waals surface area contributed by atoms with Crippen molar-refractivity contribution in [3.8, 4) is 0 Å². The van der Waals surface area contributed by atoms with Gasteiger partial charge in [0.15, 0.2) is 0 Å². The lowest BCUT2D eigenvalue weighted by atomic mass is 10.0. The van der Waals surface area contributed by atoms with Crippen molar-refractivity contribution in [3.63, 3.8) is 0 Å². The fraction of sp³-hybridized carbons (Fsp3) is 0.375. The Kier molecular flexibility index (Phi) is 5.66. The molecule has 6 heteroatoms. The number of aromatic nitrogens is 2. The molecule has 1 amide bonds. The Morgan fingerprint density at radius 3 is 2.60 bits per heavy atom. The summed E-state index contributed by atoms with van der Waals surface area (Å²) in [5.74, 6) is 0.342. The zero-order valence-corrected chi connectivity index (χ0v) is 17.4. The van der Waals surface area contributed by atoms with Crippen LogP contribution in [0.2, 0.25) is 0 Å². The third-order valence-electron chi connectivity index (χ3n) is 6.07. The maximum absolute atomic E-state index is 13.2. The van der Waals surface area contributed by atoms with Crippen molar-refractivity contribution in [1.29, 1.82) is 0 Å². The Morgan fingerprint density at radius 2 is 1.83 bits per heavy atom. The normalized spacial score (nSPS) is 15.2. The van der Waals surface area contributed by atoms with Gasteiger partial charge in [-0.25, -0.2) is 9.37 Å². The molecule has 0 radical (unpaired) electrons. The van der Waals surface area contributed by atoms with Gasteiger partial charge in [0.05, 0.1) is 16.9 Å². The number of nitrogens with zero attached hydrogens (tertiary/aromatic N) is 3. The van der Waals surface area contributed by atoms with E-state index >= 15 is 0 Å². The van der Waals surface area contributed by atoms with Gasteiger partial charge in [0, 0.05) is 25.6 Å². The average Bonchev–Trinajstić information content (AvgIpc) is 2.74. The van der Waals surface area contributed by atoms with E-state index < -0.39 is 0 Å². The summed E-state index contributed by atoms with van der Waals surface area (Å²) in [5, 5.41) is 0.546. The predicted molar refractivity (Wildman–Crippen MR) is 115 cm³/mol. The van der Waals surface area contributed by atoms with E-state index in [9.17, 15) is 14.0 Å². The minimum atomic E-state index is -0.304. The van der Waals surface area contributed by atoms with E-state index in [4.69, 9.17) is 4.98 Å². The summed E-state index contributed by atoms with van der Waals surface area (Å²) in [7, 11) is 1.73. The second kappa shape index (κ2) is 8.38. The summed E-state index contributed by atoms with van der Waals surface area (Å²) in [4.78, 5) is 32.4. The van der Waals surface area contributed by atoms with Crippen molar-refractivity contribution in [2.75, 3.05) is 7.05 Å². The van der Waals surface area contributed by atoms with E-state index in [0.717, 1.165) is 43.5 Å². The third-order valence-corrected chi connectivity index (χ3v) is 6.07. The second-order valence-electron chi connectivity index (χ2n) is 8.02. The number of aryl methyl sites for hydroxylation is 1. The number of rotatable bonds is 3. The first kappa shape index (κ1) is 20.3. The number of carbonyl (C=O) groups excluding carboxylic acids is 1. The molecular weight excluding hydrogens is 381 g/mol. The van der Waals surface area contributed by atoms with Crippen molar-refractivity contribution in [2.45, 2.75) is 51.6 Å². The van der Waals surface area contributed by atoms with Crippen LogP contribution < -0.4 is 5.56 Å². The molecule has 1 aliphatic rings. The van der Waals surface area contributed by atoms with Gasteiger partial charge < -0.3 is 4.90 Å². The molecule has 2 heterocycles. The van der Waals surface area contributed by atoms with Gasteiger partial charge in [-0.2, -0.15) is 0 Å². The van der Waals surface area contributed by atoms with Crippen LogP contribution in [0, 0.1) is 5.82 Å². The Hall–Kier alpha value is -3.02. The summed E-state index contributed by atoms with van der Waals surface area (Å²) in [6.07, 6.45) is 5.08. The monoisotopic (exact) mass is 407 g/mol. The molecule has 156 valence electrons. The fourth-order valence-electron chi connectivity index (χ4n) is 4.07. The lowest BCUT2D eigenvalue weighted by Gasteiger charge is -2.25. The fourth-order valence-corrected chi connectivity index (χ4v) is 4.07. The lowest BCUT2D eigenvalue weighted by molar-refractivity contribution is 0.0743. The van der Waals surface area contributed by atoms with E-state index in [1.54, 1.807) is 46.8 Å². The van der Waals surface area contributed by atoms with Gasteiger partial charge in [0.1, 0.15) is 11.6 Å². The SMILES string of the molecule is C[C@@H](c1ccc(F)cc1)N(C)C(=O)c1ccc2c(=O)n3c(nc2c1)CCCCCC3. The third kappa shape index (κ3) is 3.86. The first-order valence-electron chi connectivity index (χ1n) is 10.5. The first-order valence-corrected chi connectivity index (χ1v) is 10.5. The van der Waals surface area contributed by atoms with Gasteiger partial charge in [0.25, 0.3) is 11.5 Å². The average molecular weight is 407 g/mol. The smallest absolute Gasteiger partial charge is 0.261 e. The van der Waals surface area contributed by atoms with Gasteiger partial charge in [-0.15, -0.1) is 0 Å². The van der Waals surface area contributed by atoms with Crippen molar-refractivity contribution >= 4 is 16.8 Å². The van der Waals surface area contributed by atoms with Gasteiger partial charge >= 0.3 is 0 Å². The van der Waals surface area contributed by atoms with Gasteiger partial charge in [-0.1, -0.05) is 25.0 Å². The number of carbonyl (C=O) groups is 1. The summed E-state index contributed by atoms with van der Waals surface area (Å²) in [6, 6.07) is 11.1. The first-order chi connectivity index (χ1) is 14.5. The summed E-state index contributed by atoms with van der Waals surface area (Å²) < 4.78 is 15.0. The Morgan fingerprint density at radius 1 is 1.10 bits per heavy atom. The molecule has 0 saturated heterocycles. The molecule has 0 unspecified atom stereocenters. The lowest BCUT2D eigenvalue weighted by Crippen LogP contribution is -2.30. The molecule has 0 bridgehead atoms. The van der Waals surface area contributed by atoms with Crippen LogP contribution in [0.4, 0.5) is 4.39 Å². The highest BCUT2D eigenvalue weighted by molar-refractivity contribution is 5.97. The largest absolute Gasteiger partial charge is 0.335 e. The summed E-state index contributed by atoms with van der Waals surface area (Å²) in [6.45, 7) is 2.61. The zero-order valence-electron chi connectivity index (χ0n) is 17.4. The topological polar surface area (TPSA) is 55.2 Å². The van der Waals surface area contributed by atoms with Gasteiger partial charge in [-0.3, -0.25) is 14.2 Å². The van der Waals surface area contributed by atoms with Crippen LogP contribution in [-0.2, 0) is 13.0 Å². The van der Waals surface area contributed by atoms with Crippen LogP contribution in [0.25, 0.3) is 10.9 Å². The molecule has 0 aliphatic carbocycles. The molecule has 0 fully saturated rings. The standard InChI is InChI=1S/C24H26FN3O2/c1-16(17-8-11-19(25)12-9-17)27(2)23(29)18-10-13-20-21(15-18)26-22-7-5-3-4-6-14-28(22)24(20)30/h8-13,15-16H,3-7,14H2,1-2H3/t16-/m0/s1. The van der Waals surface area contributed by atoms with Crippen molar-refractivity contribution in [2.24, 2.45) is 0 Å². The minimum Gasteiger partial charge on any atom is -0.335 e. The van der Waals surface area contributed by atoms with Crippen LogP contribution in [-0.4, -0.2) is 27.4 Å². The molecule has 1 atom stereocenters. The molecule has 30 heavy (non-hydrogen) atoms. The molecule has 1 aromatic heterocycles. The maximum Gasteiger partial charge on any atom is 0.261 e. The number of hydrogen-bond donors (Lipinski definition) is 0. The van der Waals surface area contributed by atoms with Crippen LogP contribution in [0.15, 0.2) is 47.3 Å². The van der Waals surface area contributed by atoms with Crippen LogP contribution >= 0.6 is 0 Å². The van der Waals surface area contributed by atoms with Crippen LogP contribution in [0.5, 0.6) is 0 Å². The molecule has 3 aromatic rings. The molecule has 0 spiro atoms. The van der Waals surface area contributed by atoms with E-state index in [1.807, 2.05) is 6.92 Å². The van der Waals surface area contributed by atoms with Gasteiger partial charge in [0.2, 0.25) is 0 Å². The summed E-state index contributed by atoms with van der Waals surface area (Å²) in [5.41, 5.74) is 1.89. The Labute approximate surface area is 175 Å². The number of hydrogen-bond acceptors (Lipinski definition) is 3. The Bertz CT molecular complexity index is 1140. The highest BCUT2D eigenvalue weighted by atomic mass is 19.1. The van der Waals surface area contributed by atoms with Crippen molar-refractivity contribution in [1.82, 2.24) is 14.5 Å². The minimum absolute atomic E-state index is 0.0241. The molecule has 0 N–H and O–H groups in total. The molecule has 0 saturated carbocycles. The number of amides is 1. The second-order valence-corrected chi connectivity index (χ2v) is 8.02. The molecular formula is C24H26FN3O2. The highest BCUT2D eigenvalue weighted by Crippen LogP contribution is 2.22. The number of halogens is 1. The van der Waals surface area contributed by atoms with Crippen LogP contribution in [0.3, 0.4) is 0 Å². The van der Waals surface area contributed by atoms with Crippen molar-refractivity contribution < 1.29 is 9.18 Å². The molecule has 2 aromatic carbocycles. The van der Waals surface area contributed by atoms with E-state index in [2.05, 4.69) is 0 Å². The maximum atomic E-state index is 13.2. The van der Waals surface area contributed by atoms with E-state index in [0.29, 0.717) is 23.0 Å². The molecule has 1 aliphatic heterocycles. The molecule has 4 rings (SSSR count). The van der Waals surface area contributed by atoms with E-state index in [-0.39, 0.29) is 23.3 Å². The quantitative estimate of drug-likeness (QED) is 0.643. The number of fused-ring (bicyclic) bond motifs is 2. The van der Waals surface area contributed by atoms with Crippen molar-refractivity contribution in [3.05, 3.63) is 75.6 Å². The van der Waals surface area contributed by atoms with Crippen LogP contribution in [0.1, 0.15) is 60.4 Å². The zero-order chi connectivity index (χ0) is 21.3.